The molecule has 1 aliphatic rings. The number of nitro groups is 2. The van der Waals surface area contributed by atoms with Crippen molar-refractivity contribution in [3.8, 4) is 5.69 Å². The zero-order valence-corrected chi connectivity index (χ0v) is 17.9. The Hall–Kier alpha value is -4.93. The molecule has 0 N–H and O–H groups in total. The fourth-order valence-electron chi connectivity index (χ4n) is 4.35. The number of carbonyl (C=O) groups is 2. The summed E-state index contributed by atoms with van der Waals surface area (Å²) >= 11 is 0. The van der Waals surface area contributed by atoms with Crippen LogP contribution in [0.4, 0.5) is 17.1 Å². The van der Waals surface area contributed by atoms with E-state index in [9.17, 15) is 29.8 Å². The lowest BCUT2D eigenvalue weighted by molar-refractivity contribution is -0.385. The number of non-ortho nitro benzene ring substituents is 2. The third-order valence-electron chi connectivity index (χ3n) is 5.78. The van der Waals surface area contributed by atoms with Crippen LogP contribution in [0.1, 0.15) is 32.1 Å². The van der Waals surface area contributed by atoms with Crippen molar-refractivity contribution >= 4 is 39.6 Å². The number of imide groups is 1. The first-order valence-electron chi connectivity index (χ1n) is 10.1. The van der Waals surface area contributed by atoms with E-state index in [0.717, 1.165) is 29.2 Å². The molecule has 0 radical (unpaired) electrons. The highest BCUT2D eigenvalue weighted by Gasteiger charge is 2.39. The Morgan fingerprint density at radius 1 is 0.824 bits per heavy atom. The van der Waals surface area contributed by atoms with Crippen LogP contribution < -0.4 is 4.90 Å². The first-order valence-corrected chi connectivity index (χ1v) is 10.1. The average Bonchev–Trinajstić information content (AvgIpc) is 3.11. The molecule has 168 valence electrons. The zero-order valence-electron chi connectivity index (χ0n) is 17.9. The molecule has 3 aromatic carbocycles. The summed E-state index contributed by atoms with van der Waals surface area (Å²) in [5, 5.41) is 27.7. The number of nitro benzene ring substituents is 2. The van der Waals surface area contributed by atoms with E-state index in [1.165, 1.54) is 0 Å². The Morgan fingerprint density at radius 2 is 1.35 bits per heavy atom. The van der Waals surface area contributed by atoms with Crippen molar-refractivity contribution in [2.45, 2.75) is 13.8 Å². The van der Waals surface area contributed by atoms with E-state index in [1.807, 2.05) is 30.3 Å². The van der Waals surface area contributed by atoms with Crippen LogP contribution in [-0.4, -0.2) is 31.4 Å². The van der Waals surface area contributed by atoms with Gasteiger partial charge in [-0.3, -0.25) is 29.8 Å². The number of rotatable bonds is 4. The topological polar surface area (TPSA) is 141 Å². The van der Waals surface area contributed by atoms with Gasteiger partial charge in [-0.15, -0.1) is 0 Å². The minimum absolute atomic E-state index is 0.0724. The van der Waals surface area contributed by atoms with Crippen LogP contribution in [0.25, 0.3) is 16.5 Å². The number of carbonyl (C=O) groups excluding carboxylic acids is 2. The maximum atomic E-state index is 13.6. The largest absolute Gasteiger partial charge is 0.270 e. The van der Waals surface area contributed by atoms with Crippen LogP contribution >= 0.6 is 0 Å². The van der Waals surface area contributed by atoms with Gasteiger partial charge in [0.25, 0.3) is 23.2 Å². The number of para-hydroxylation sites is 1. The maximum absolute atomic E-state index is 13.6. The van der Waals surface area contributed by atoms with Gasteiger partial charge in [0.15, 0.2) is 0 Å². The minimum Gasteiger partial charge on any atom is -0.268 e. The Kier molecular flexibility index (Phi) is 4.50. The first kappa shape index (κ1) is 20.9. The van der Waals surface area contributed by atoms with Gasteiger partial charge in [0.2, 0.25) is 0 Å². The van der Waals surface area contributed by atoms with Crippen molar-refractivity contribution in [2.24, 2.45) is 0 Å². The molecular weight excluding hydrogens is 442 g/mol. The number of amides is 2. The predicted molar refractivity (Wildman–Crippen MR) is 121 cm³/mol. The molecule has 0 saturated carbocycles. The molecule has 4 aromatic rings. The highest BCUT2D eigenvalue weighted by atomic mass is 16.6. The normalized spacial score (nSPS) is 12.9. The quantitative estimate of drug-likeness (QED) is 0.253. The molecule has 0 aliphatic carbocycles. The van der Waals surface area contributed by atoms with Gasteiger partial charge < -0.3 is 0 Å². The summed E-state index contributed by atoms with van der Waals surface area (Å²) in [4.78, 5) is 49.6. The third-order valence-corrected chi connectivity index (χ3v) is 5.78. The summed E-state index contributed by atoms with van der Waals surface area (Å²) in [5.41, 5.74) is 0.797. The van der Waals surface area contributed by atoms with E-state index >= 15 is 0 Å². The van der Waals surface area contributed by atoms with Gasteiger partial charge in [-0.2, -0.15) is 5.10 Å². The van der Waals surface area contributed by atoms with Gasteiger partial charge in [-0.05, 0) is 31.4 Å². The number of aryl methyl sites for hydroxylation is 1. The zero-order chi connectivity index (χ0) is 24.3. The molecule has 5 rings (SSSR count). The lowest BCUT2D eigenvalue weighted by Crippen LogP contribution is -2.41. The lowest BCUT2D eigenvalue weighted by Gasteiger charge is -2.27. The number of aromatic nitrogens is 2. The first-order chi connectivity index (χ1) is 16.2. The standard InChI is InChI=1S/C23H15N5O6/c1-12-21(13(2)26(24-12)15-6-4-3-5-7-15)25-22(29)18-10-16(27(31)32)8-14-9-17(28(33)34)11-19(20(14)18)23(25)30/h3-11H,1-2H3. The van der Waals surface area contributed by atoms with Crippen molar-refractivity contribution in [3.05, 3.63) is 97.3 Å². The Bertz CT molecular complexity index is 1510. The Labute approximate surface area is 191 Å². The fraction of sp³-hybridized carbons (Fsp3) is 0.0870. The molecule has 1 aromatic heterocycles. The second-order valence-corrected chi connectivity index (χ2v) is 7.81. The summed E-state index contributed by atoms with van der Waals surface area (Å²) in [6, 6.07) is 13.5. The number of benzene rings is 3. The summed E-state index contributed by atoms with van der Waals surface area (Å²) < 4.78 is 1.58. The molecular formula is C23H15N5O6. The third kappa shape index (κ3) is 2.94. The highest BCUT2D eigenvalue weighted by molar-refractivity contribution is 6.36. The molecule has 0 fully saturated rings. The van der Waals surface area contributed by atoms with Gasteiger partial charge >= 0.3 is 0 Å². The number of nitrogens with zero attached hydrogens (tertiary/aromatic N) is 5. The molecule has 2 amide bonds. The predicted octanol–water partition coefficient (Wildman–Crippen LogP) is 4.26. The molecule has 11 nitrogen and oxygen atoms in total. The minimum atomic E-state index is -0.765. The summed E-state index contributed by atoms with van der Waals surface area (Å²) in [6.45, 7) is 3.32. The van der Waals surface area contributed by atoms with E-state index < -0.39 is 33.0 Å². The van der Waals surface area contributed by atoms with Crippen molar-refractivity contribution in [1.29, 1.82) is 0 Å². The van der Waals surface area contributed by atoms with Crippen LogP contribution in [0.5, 0.6) is 0 Å². The van der Waals surface area contributed by atoms with Crippen molar-refractivity contribution < 1.29 is 19.4 Å². The molecule has 2 heterocycles. The second kappa shape index (κ2) is 7.30. The maximum Gasteiger partial charge on any atom is 0.270 e. The summed E-state index contributed by atoms with van der Waals surface area (Å²) in [5.74, 6) is -1.53. The summed E-state index contributed by atoms with van der Waals surface area (Å²) in [6.07, 6.45) is 0. The van der Waals surface area contributed by atoms with Crippen molar-refractivity contribution in [3.63, 3.8) is 0 Å². The van der Waals surface area contributed by atoms with Gasteiger partial charge in [0.1, 0.15) is 0 Å². The molecule has 0 atom stereocenters. The Balaban J connectivity index is 1.78. The van der Waals surface area contributed by atoms with Crippen LogP contribution in [0.15, 0.2) is 54.6 Å². The SMILES string of the molecule is Cc1nn(-c2ccccc2)c(C)c1N1C(=O)c2cc([N+](=O)[O-])cc3cc([N+](=O)[O-])cc(c23)C1=O. The molecule has 0 spiro atoms. The molecule has 34 heavy (non-hydrogen) atoms. The van der Waals surface area contributed by atoms with E-state index in [2.05, 4.69) is 5.10 Å². The average molecular weight is 457 g/mol. The van der Waals surface area contributed by atoms with E-state index in [-0.39, 0.29) is 27.6 Å². The Morgan fingerprint density at radius 3 is 1.85 bits per heavy atom. The smallest absolute Gasteiger partial charge is 0.268 e. The van der Waals surface area contributed by atoms with Gasteiger partial charge in [0, 0.05) is 29.7 Å². The molecule has 0 bridgehead atoms. The molecule has 0 saturated heterocycles. The second-order valence-electron chi connectivity index (χ2n) is 7.81. The summed E-state index contributed by atoms with van der Waals surface area (Å²) in [7, 11) is 0. The van der Waals surface area contributed by atoms with Crippen LogP contribution in [0.3, 0.4) is 0 Å². The van der Waals surface area contributed by atoms with Gasteiger partial charge in [-0.25, -0.2) is 9.58 Å². The number of anilines is 1. The van der Waals surface area contributed by atoms with Crippen molar-refractivity contribution in [1.82, 2.24) is 9.78 Å². The molecule has 1 aliphatic heterocycles. The van der Waals surface area contributed by atoms with E-state index in [1.54, 1.807) is 18.5 Å². The number of hydrogen-bond donors (Lipinski definition) is 0. The highest BCUT2D eigenvalue weighted by Crippen LogP contribution is 2.39. The van der Waals surface area contributed by atoms with Crippen LogP contribution in [0, 0.1) is 34.1 Å². The monoisotopic (exact) mass is 457 g/mol. The van der Waals surface area contributed by atoms with Crippen LogP contribution in [0.2, 0.25) is 0 Å². The molecule has 0 unspecified atom stereocenters. The number of hydrogen-bond acceptors (Lipinski definition) is 7. The van der Waals surface area contributed by atoms with E-state index in [0.29, 0.717) is 17.1 Å². The van der Waals surface area contributed by atoms with Gasteiger partial charge in [-0.1, -0.05) is 18.2 Å². The van der Waals surface area contributed by atoms with Crippen molar-refractivity contribution in [2.75, 3.05) is 4.90 Å². The van der Waals surface area contributed by atoms with E-state index in [4.69, 9.17) is 0 Å². The fourth-order valence-corrected chi connectivity index (χ4v) is 4.35. The molecule has 11 heteroatoms. The lowest BCUT2D eigenvalue weighted by atomic mass is 9.92. The van der Waals surface area contributed by atoms with Crippen LogP contribution in [-0.2, 0) is 0 Å². The van der Waals surface area contributed by atoms with Gasteiger partial charge in [0.05, 0.1) is 43.7 Å².